The average molecular weight is 363 g/mol. The minimum Gasteiger partial charge on any atom is -0.304 e. The minimum atomic E-state index is -3.33. The molecule has 1 aliphatic heterocycles. The van der Waals surface area contributed by atoms with Crippen LogP contribution in [0.15, 0.2) is 60.7 Å². The van der Waals surface area contributed by atoms with Crippen molar-refractivity contribution in [1.29, 1.82) is 0 Å². The molecule has 1 saturated carbocycles. The Morgan fingerprint density at radius 1 is 0.833 bits per heavy atom. The molecule has 4 rings (SSSR count). The highest BCUT2D eigenvalue weighted by Crippen LogP contribution is 2.68. The van der Waals surface area contributed by atoms with Crippen molar-refractivity contribution in [2.75, 3.05) is 0 Å². The minimum absolute atomic E-state index is 0.0365. The summed E-state index contributed by atoms with van der Waals surface area (Å²) in [4.78, 5) is 0. The Morgan fingerprint density at radius 3 is 1.75 bits per heavy atom. The molecule has 1 saturated heterocycles. The molecule has 2 aromatic carbocycles. The predicted octanol–water partition coefficient (Wildman–Crippen LogP) is 5.54. The summed E-state index contributed by atoms with van der Waals surface area (Å²) in [5.41, 5.74) is 1.50. The third-order valence-corrected chi connectivity index (χ3v) is 7.47. The van der Waals surface area contributed by atoms with Gasteiger partial charge in [-0.25, -0.2) is 0 Å². The zero-order valence-electron chi connectivity index (χ0n) is 13.3. The molecule has 126 valence electrons. The average Bonchev–Trinajstić information content (AvgIpc) is 2.55. The lowest BCUT2D eigenvalue weighted by Crippen LogP contribution is -2.38. The van der Waals surface area contributed by atoms with E-state index >= 15 is 0 Å². The highest BCUT2D eigenvalue weighted by Gasteiger charge is 2.48. The zero-order chi connectivity index (χ0) is 16.6. The maximum atomic E-state index is 13.8. The van der Waals surface area contributed by atoms with Crippen LogP contribution in [0.1, 0.15) is 36.0 Å². The van der Waals surface area contributed by atoms with E-state index in [-0.39, 0.29) is 17.6 Å². The van der Waals surface area contributed by atoms with E-state index in [1.165, 1.54) is 0 Å². The summed E-state index contributed by atoms with van der Waals surface area (Å²) in [6.07, 6.45) is 2.09. The SMILES string of the molecule is O=P1(C(c2ccccc2)c2ccccc2)O[C@@H]2CC(Cl)C[C@H](C2)O1. The Bertz CT molecular complexity index is 675. The van der Waals surface area contributed by atoms with Crippen LogP contribution >= 0.6 is 19.2 Å². The smallest absolute Gasteiger partial charge is 0.304 e. The molecule has 0 N–H and O–H groups in total. The molecule has 2 bridgehead atoms. The number of fused-ring (bicyclic) bond motifs is 2. The fourth-order valence-corrected chi connectivity index (χ4v) is 6.66. The summed E-state index contributed by atoms with van der Waals surface area (Å²) in [5.74, 6) is 0. The van der Waals surface area contributed by atoms with Gasteiger partial charge in [-0.1, -0.05) is 60.7 Å². The van der Waals surface area contributed by atoms with Crippen LogP contribution in [-0.2, 0) is 13.6 Å². The molecular weight excluding hydrogens is 343 g/mol. The molecule has 1 heterocycles. The lowest BCUT2D eigenvalue weighted by atomic mass is 9.95. The molecule has 0 spiro atoms. The van der Waals surface area contributed by atoms with Crippen molar-refractivity contribution in [2.45, 2.75) is 42.5 Å². The van der Waals surface area contributed by atoms with Crippen LogP contribution in [0.2, 0.25) is 0 Å². The van der Waals surface area contributed by atoms with E-state index in [0.717, 1.165) is 30.4 Å². The molecule has 2 fully saturated rings. The van der Waals surface area contributed by atoms with E-state index in [4.69, 9.17) is 20.6 Å². The van der Waals surface area contributed by atoms with Crippen molar-refractivity contribution in [2.24, 2.45) is 0 Å². The van der Waals surface area contributed by atoms with E-state index in [0.29, 0.717) is 0 Å². The Morgan fingerprint density at radius 2 is 1.29 bits per heavy atom. The topological polar surface area (TPSA) is 35.5 Å². The molecule has 3 nitrogen and oxygen atoms in total. The Kier molecular flexibility index (Phi) is 4.53. The van der Waals surface area contributed by atoms with Crippen LogP contribution in [0.5, 0.6) is 0 Å². The van der Waals surface area contributed by atoms with Gasteiger partial charge in [0.2, 0.25) is 0 Å². The first kappa shape index (κ1) is 16.4. The van der Waals surface area contributed by atoms with Gasteiger partial charge in [0.25, 0.3) is 0 Å². The summed E-state index contributed by atoms with van der Waals surface area (Å²) in [5, 5.41) is 0.0365. The number of benzene rings is 2. The molecule has 0 radical (unpaired) electrons. The number of halogens is 1. The van der Waals surface area contributed by atoms with Gasteiger partial charge in [0.1, 0.15) is 5.66 Å². The predicted molar refractivity (Wildman–Crippen MR) is 95.6 cm³/mol. The van der Waals surface area contributed by atoms with Gasteiger partial charge >= 0.3 is 7.60 Å². The first-order chi connectivity index (χ1) is 11.6. The van der Waals surface area contributed by atoms with Crippen molar-refractivity contribution in [3.63, 3.8) is 0 Å². The second-order valence-electron chi connectivity index (χ2n) is 6.52. The van der Waals surface area contributed by atoms with E-state index in [1.807, 2.05) is 60.7 Å². The molecular formula is C19H20ClO3P. The molecule has 0 aromatic heterocycles. The van der Waals surface area contributed by atoms with Crippen molar-refractivity contribution in [3.05, 3.63) is 71.8 Å². The molecule has 2 aromatic rings. The largest absolute Gasteiger partial charge is 0.342 e. The number of hydrogen-bond donors (Lipinski definition) is 0. The van der Waals surface area contributed by atoms with Crippen LogP contribution < -0.4 is 0 Å². The van der Waals surface area contributed by atoms with Crippen LogP contribution in [0, 0.1) is 0 Å². The Labute approximate surface area is 147 Å². The van der Waals surface area contributed by atoms with Crippen molar-refractivity contribution in [1.82, 2.24) is 0 Å². The molecule has 5 heteroatoms. The van der Waals surface area contributed by atoms with Gasteiger partial charge in [0.15, 0.2) is 0 Å². The summed E-state index contributed by atoms with van der Waals surface area (Å²) in [7, 11) is -3.33. The van der Waals surface area contributed by atoms with E-state index in [2.05, 4.69) is 0 Å². The summed E-state index contributed by atoms with van der Waals surface area (Å²) in [6, 6.07) is 19.7. The van der Waals surface area contributed by atoms with E-state index in [1.54, 1.807) is 0 Å². The van der Waals surface area contributed by atoms with Gasteiger partial charge < -0.3 is 9.05 Å². The third-order valence-electron chi connectivity index (χ3n) is 4.70. The molecule has 24 heavy (non-hydrogen) atoms. The van der Waals surface area contributed by atoms with Crippen LogP contribution in [0.4, 0.5) is 0 Å². The molecule has 0 amide bonds. The summed E-state index contributed by atoms with van der Waals surface area (Å²) in [6.45, 7) is 0. The zero-order valence-corrected chi connectivity index (χ0v) is 14.9. The summed E-state index contributed by atoms with van der Waals surface area (Å²) >= 11 is 6.28. The highest BCUT2D eigenvalue weighted by molar-refractivity contribution is 7.54. The van der Waals surface area contributed by atoms with Gasteiger partial charge in [-0.2, -0.15) is 0 Å². The van der Waals surface area contributed by atoms with Crippen molar-refractivity contribution >= 4 is 19.2 Å². The van der Waals surface area contributed by atoms with E-state index < -0.39 is 13.3 Å². The van der Waals surface area contributed by atoms with Crippen LogP contribution in [-0.4, -0.2) is 17.6 Å². The Balaban J connectivity index is 1.75. The monoisotopic (exact) mass is 362 g/mol. The number of hydrogen-bond acceptors (Lipinski definition) is 3. The molecule has 0 unspecified atom stereocenters. The Hall–Kier alpha value is -1.12. The normalized spacial score (nSPS) is 32.7. The first-order valence-corrected chi connectivity index (χ1v) is 10.4. The van der Waals surface area contributed by atoms with Gasteiger partial charge in [-0.05, 0) is 24.0 Å². The first-order valence-electron chi connectivity index (χ1n) is 8.34. The number of alkyl halides is 1. The lowest BCUT2D eigenvalue weighted by molar-refractivity contribution is -0.00182. The fraction of sp³-hybridized carbons (Fsp3) is 0.368. The van der Waals surface area contributed by atoms with Gasteiger partial charge in [0, 0.05) is 11.8 Å². The number of rotatable bonds is 3. The maximum absolute atomic E-state index is 13.8. The second kappa shape index (κ2) is 6.65. The maximum Gasteiger partial charge on any atom is 0.342 e. The fourth-order valence-electron chi connectivity index (χ4n) is 3.71. The third kappa shape index (κ3) is 3.19. The molecule has 2 atom stereocenters. The second-order valence-corrected chi connectivity index (χ2v) is 9.16. The molecule has 2 aliphatic rings. The van der Waals surface area contributed by atoms with Crippen LogP contribution in [0.3, 0.4) is 0 Å². The summed E-state index contributed by atoms with van der Waals surface area (Å²) < 4.78 is 25.8. The van der Waals surface area contributed by atoms with Gasteiger partial charge in [-0.15, -0.1) is 11.6 Å². The highest BCUT2D eigenvalue weighted by atomic mass is 35.5. The van der Waals surface area contributed by atoms with Gasteiger partial charge in [-0.3, -0.25) is 4.57 Å². The van der Waals surface area contributed by atoms with Gasteiger partial charge in [0.05, 0.1) is 12.2 Å². The molecule has 1 aliphatic carbocycles. The van der Waals surface area contributed by atoms with E-state index in [9.17, 15) is 4.57 Å². The standard InChI is InChI=1S/C19H20ClO3P/c20-16-11-17-13-18(12-16)23-24(21,22-17)19(14-7-3-1-4-8-14)15-9-5-2-6-10-15/h1-10,16-19H,11-13H2/t16?,17-,18-,24?/m1/s1. The van der Waals surface area contributed by atoms with Crippen LogP contribution in [0.25, 0.3) is 0 Å². The quantitative estimate of drug-likeness (QED) is 0.531. The lowest BCUT2D eigenvalue weighted by Gasteiger charge is -2.43. The van der Waals surface area contributed by atoms with Crippen molar-refractivity contribution < 1.29 is 13.6 Å². The van der Waals surface area contributed by atoms with Crippen molar-refractivity contribution in [3.8, 4) is 0 Å².